The molecule has 0 saturated carbocycles. The maximum absolute atomic E-state index is 10.1. The quantitative estimate of drug-likeness (QED) is 0.173. The van der Waals surface area contributed by atoms with Crippen LogP contribution in [0.1, 0.15) is 94.9 Å². The highest BCUT2D eigenvalue weighted by atomic mass is 28.4. The third kappa shape index (κ3) is 6.93. The Morgan fingerprint density at radius 2 is 1.35 bits per heavy atom. The molecule has 2 heterocycles. The third-order valence-corrected chi connectivity index (χ3v) is 21.2. The van der Waals surface area contributed by atoms with Gasteiger partial charge in [-0.15, -0.1) is 0 Å². The van der Waals surface area contributed by atoms with Gasteiger partial charge in [-0.1, -0.05) is 123 Å². The fourth-order valence-electron chi connectivity index (χ4n) is 8.08. The van der Waals surface area contributed by atoms with Gasteiger partial charge in [-0.2, -0.15) is 0 Å². The van der Waals surface area contributed by atoms with Crippen LogP contribution >= 0.6 is 0 Å². The van der Waals surface area contributed by atoms with E-state index in [0.717, 1.165) is 12.8 Å². The van der Waals surface area contributed by atoms with Gasteiger partial charge in [0.05, 0.1) is 18.3 Å². The minimum atomic E-state index is -2.63. The van der Waals surface area contributed by atoms with Gasteiger partial charge in [-0.3, -0.25) is 0 Å². The molecule has 0 amide bonds. The first-order valence-electron chi connectivity index (χ1n) is 16.7. The van der Waals surface area contributed by atoms with Crippen molar-refractivity contribution >= 4 is 27.0 Å². The van der Waals surface area contributed by atoms with Gasteiger partial charge < -0.3 is 23.4 Å². The second-order valence-corrected chi connectivity index (χ2v) is 24.7. The summed E-state index contributed by atoms with van der Waals surface area (Å²) >= 11 is 0. The molecule has 1 N–H and O–H groups in total. The van der Waals surface area contributed by atoms with E-state index in [1.807, 2.05) is 6.92 Å². The summed E-state index contributed by atoms with van der Waals surface area (Å²) in [6, 6.07) is 21.7. The highest BCUT2D eigenvalue weighted by molar-refractivity contribution is 6.99. The van der Waals surface area contributed by atoms with E-state index >= 15 is 0 Å². The van der Waals surface area contributed by atoms with Crippen LogP contribution in [0.2, 0.25) is 21.7 Å². The largest absolute Gasteiger partial charge is 0.410 e. The van der Waals surface area contributed by atoms with Gasteiger partial charge in [0.25, 0.3) is 8.32 Å². The van der Waals surface area contributed by atoms with E-state index in [4.69, 9.17) is 18.3 Å². The van der Waals surface area contributed by atoms with Crippen molar-refractivity contribution in [1.82, 2.24) is 0 Å². The number of benzene rings is 2. The summed E-state index contributed by atoms with van der Waals surface area (Å²) in [5.41, 5.74) is 1.49. The van der Waals surface area contributed by atoms with Crippen LogP contribution < -0.4 is 10.4 Å². The highest BCUT2D eigenvalue weighted by Gasteiger charge is 2.67. The molecule has 0 aromatic heterocycles. The van der Waals surface area contributed by atoms with Crippen LogP contribution in [0.3, 0.4) is 0 Å². The Kier molecular flexibility index (Phi) is 10.9. The maximum atomic E-state index is 10.1. The highest BCUT2D eigenvalue weighted by Crippen LogP contribution is 2.54. The summed E-state index contributed by atoms with van der Waals surface area (Å²) in [7, 11) is -4.75. The Morgan fingerprint density at radius 1 is 0.837 bits per heavy atom. The van der Waals surface area contributed by atoms with Crippen LogP contribution in [-0.4, -0.2) is 58.6 Å². The summed E-state index contributed by atoms with van der Waals surface area (Å²) in [5.74, 6) is -0.660. The predicted molar refractivity (Wildman–Crippen MR) is 182 cm³/mol. The molecule has 0 aliphatic carbocycles. The molecule has 2 aromatic carbocycles. The Bertz CT molecular complexity index is 1090. The van der Waals surface area contributed by atoms with Crippen molar-refractivity contribution in [2.75, 3.05) is 6.61 Å². The summed E-state index contributed by atoms with van der Waals surface area (Å²) in [4.78, 5) is 0. The summed E-state index contributed by atoms with van der Waals surface area (Å²) < 4.78 is 27.8. The molecule has 7 heteroatoms. The molecule has 2 aliphatic heterocycles. The number of fused-ring (bicyclic) bond motifs is 1. The van der Waals surface area contributed by atoms with Crippen molar-refractivity contribution in [3.63, 3.8) is 0 Å². The zero-order valence-corrected chi connectivity index (χ0v) is 30.4. The lowest BCUT2D eigenvalue weighted by Gasteiger charge is -2.46. The Morgan fingerprint density at radius 3 is 1.79 bits per heavy atom. The fraction of sp³-hybridized carbons (Fsp3) is 0.667. The lowest BCUT2D eigenvalue weighted by molar-refractivity contribution is -0.127. The first kappa shape index (κ1) is 34.5. The molecule has 0 bridgehead atoms. The van der Waals surface area contributed by atoms with E-state index in [2.05, 4.69) is 123 Å². The molecule has 5 atom stereocenters. The molecule has 0 spiro atoms. The van der Waals surface area contributed by atoms with E-state index in [1.54, 1.807) is 0 Å². The Hall–Kier alpha value is -1.33. The third-order valence-electron chi connectivity index (χ3n) is 10.1. The van der Waals surface area contributed by atoms with E-state index in [9.17, 15) is 5.11 Å². The van der Waals surface area contributed by atoms with Gasteiger partial charge in [-0.25, -0.2) is 0 Å². The van der Waals surface area contributed by atoms with Gasteiger partial charge in [-0.05, 0) is 51.8 Å². The van der Waals surface area contributed by atoms with Crippen molar-refractivity contribution in [1.29, 1.82) is 0 Å². The average molecular weight is 627 g/mol. The van der Waals surface area contributed by atoms with Gasteiger partial charge in [0.2, 0.25) is 8.32 Å². The number of hydrogen-bond acceptors (Lipinski definition) is 5. The summed E-state index contributed by atoms with van der Waals surface area (Å²) in [6.07, 6.45) is 2.42. The Balaban J connectivity index is 1.60. The molecule has 5 nitrogen and oxygen atoms in total. The number of aliphatic hydroxyl groups excluding tert-OH is 1. The SMILES string of the molecule is CC(C)[Si](O[C@@H]1C[C@@H](CCO[Si](c2ccccc2)(c2ccccc2)C(C)(C)C)O[C@@]2(CC[C@H](C)O)O[C@@H]12)(C(C)C)C(C)C. The number of hydrogen-bond donors (Lipinski definition) is 1. The zero-order chi connectivity index (χ0) is 31.6. The minimum absolute atomic E-state index is 0.000481. The first-order chi connectivity index (χ1) is 20.2. The predicted octanol–water partition coefficient (Wildman–Crippen LogP) is 7.56. The lowest BCUT2D eigenvalue weighted by atomic mass is 9.96. The molecule has 0 unspecified atom stereocenters. The number of rotatable bonds is 14. The van der Waals surface area contributed by atoms with Crippen LogP contribution in [0.15, 0.2) is 60.7 Å². The molecule has 2 aromatic rings. The van der Waals surface area contributed by atoms with Gasteiger partial charge >= 0.3 is 0 Å². The number of aliphatic hydroxyl groups is 1. The van der Waals surface area contributed by atoms with Crippen LogP contribution in [0.4, 0.5) is 0 Å². The van der Waals surface area contributed by atoms with Crippen molar-refractivity contribution in [2.45, 2.75) is 147 Å². The number of epoxide rings is 1. The van der Waals surface area contributed by atoms with Crippen molar-refractivity contribution < 1.29 is 23.4 Å². The van der Waals surface area contributed by atoms with Gasteiger partial charge in [0.15, 0.2) is 5.79 Å². The van der Waals surface area contributed by atoms with Crippen molar-refractivity contribution in [2.24, 2.45) is 0 Å². The molecular weight excluding hydrogens is 569 g/mol. The monoisotopic (exact) mass is 626 g/mol. The van der Waals surface area contributed by atoms with Crippen LogP contribution in [0.5, 0.6) is 0 Å². The van der Waals surface area contributed by atoms with Crippen molar-refractivity contribution in [3.05, 3.63) is 60.7 Å². The molecule has 43 heavy (non-hydrogen) atoms. The molecule has 2 saturated heterocycles. The average Bonchev–Trinajstić information content (AvgIpc) is 3.67. The topological polar surface area (TPSA) is 60.5 Å². The molecular formula is C36H58O5Si2. The first-order valence-corrected chi connectivity index (χ1v) is 20.7. The van der Waals surface area contributed by atoms with Crippen LogP contribution in [0, 0.1) is 0 Å². The van der Waals surface area contributed by atoms with E-state index in [-0.39, 0.29) is 23.4 Å². The molecule has 2 fully saturated rings. The molecule has 240 valence electrons. The second-order valence-electron chi connectivity index (χ2n) is 15.0. The lowest BCUT2D eigenvalue weighted by Crippen LogP contribution is -2.66. The van der Waals surface area contributed by atoms with Crippen molar-refractivity contribution in [3.8, 4) is 0 Å². The van der Waals surface area contributed by atoms with E-state index < -0.39 is 28.5 Å². The summed E-state index contributed by atoms with van der Waals surface area (Å²) in [6.45, 7) is 23.5. The van der Waals surface area contributed by atoms with Gasteiger partial charge in [0.1, 0.15) is 6.10 Å². The smallest absolute Gasteiger partial charge is 0.261 e. The maximum Gasteiger partial charge on any atom is 0.261 e. The minimum Gasteiger partial charge on any atom is -0.410 e. The van der Waals surface area contributed by atoms with Crippen LogP contribution in [-0.2, 0) is 18.3 Å². The normalized spacial score (nSPS) is 25.3. The molecule has 0 radical (unpaired) electrons. The van der Waals surface area contributed by atoms with E-state index in [0.29, 0.717) is 36.1 Å². The summed E-state index contributed by atoms with van der Waals surface area (Å²) in [5, 5.41) is 12.6. The van der Waals surface area contributed by atoms with Crippen LogP contribution in [0.25, 0.3) is 0 Å². The van der Waals surface area contributed by atoms with E-state index in [1.165, 1.54) is 10.4 Å². The van der Waals surface area contributed by atoms with Gasteiger partial charge in [0, 0.05) is 19.4 Å². The fourth-order valence-corrected chi connectivity index (χ4v) is 18.2. The Labute approximate surface area is 263 Å². The molecule has 2 aliphatic rings. The number of ether oxygens (including phenoxy) is 2. The molecule has 4 rings (SSSR count). The second kappa shape index (κ2) is 13.6. The zero-order valence-electron chi connectivity index (χ0n) is 28.4. The standard InChI is InChI=1S/C36H58O5Si2/c1-26(2)42(27(3)4,28(5)6)41-33-25-30(39-36(34(33)40-36)23-21-29(7)37)22-24-38-43(35(8,9)10,31-17-13-11-14-18-31)32-19-15-12-16-20-32/h11-20,26-30,33-34,37H,21-25H2,1-10H3/t29-,30+,33+,34-,36-/m0/s1.